The van der Waals surface area contributed by atoms with Crippen LogP contribution in [0.1, 0.15) is 47.2 Å². The fourth-order valence-corrected chi connectivity index (χ4v) is 2.77. The number of Topliss-reactive ketones (excluding diaryl/α,β-unsaturated/α-hetero) is 1. The summed E-state index contributed by atoms with van der Waals surface area (Å²) < 4.78 is 10.4. The molecule has 0 fully saturated rings. The summed E-state index contributed by atoms with van der Waals surface area (Å²) >= 11 is 0. The Morgan fingerprint density at radius 2 is 1.74 bits per heavy atom. The second-order valence-electron chi connectivity index (χ2n) is 5.69. The molecule has 0 bridgehead atoms. The summed E-state index contributed by atoms with van der Waals surface area (Å²) in [5.74, 6) is 2.03. The van der Waals surface area contributed by atoms with E-state index in [1.165, 1.54) is 5.56 Å². The lowest BCUT2D eigenvalue weighted by atomic mass is 9.89. The molecule has 0 radical (unpaired) electrons. The molecule has 23 heavy (non-hydrogen) atoms. The van der Waals surface area contributed by atoms with E-state index >= 15 is 0 Å². The SMILES string of the molecule is CC[C@H](CC(=O)c1ccc(OC)c(C)c1)c1ccc(OC)cc1. The molecule has 0 saturated carbocycles. The molecular formula is C20H24O3. The lowest BCUT2D eigenvalue weighted by Crippen LogP contribution is -2.07. The lowest BCUT2D eigenvalue weighted by molar-refractivity contribution is 0.0972. The molecule has 122 valence electrons. The number of hydrogen-bond acceptors (Lipinski definition) is 3. The first-order chi connectivity index (χ1) is 11.1. The molecular weight excluding hydrogens is 288 g/mol. The highest BCUT2D eigenvalue weighted by Gasteiger charge is 2.16. The third kappa shape index (κ3) is 4.13. The summed E-state index contributed by atoms with van der Waals surface area (Å²) in [5.41, 5.74) is 2.90. The zero-order chi connectivity index (χ0) is 16.8. The molecule has 3 nitrogen and oxygen atoms in total. The molecule has 3 heteroatoms. The Balaban J connectivity index is 2.14. The summed E-state index contributed by atoms with van der Waals surface area (Å²) in [7, 11) is 3.29. The normalized spacial score (nSPS) is 11.8. The van der Waals surface area contributed by atoms with E-state index in [2.05, 4.69) is 6.92 Å². The molecule has 2 aromatic carbocycles. The van der Waals surface area contributed by atoms with Gasteiger partial charge >= 0.3 is 0 Å². The first-order valence-corrected chi connectivity index (χ1v) is 7.90. The number of methoxy groups -OCH3 is 2. The quantitative estimate of drug-likeness (QED) is 0.690. The Bertz CT molecular complexity index is 659. The van der Waals surface area contributed by atoms with Gasteiger partial charge in [-0.1, -0.05) is 19.1 Å². The van der Waals surface area contributed by atoms with E-state index in [0.717, 1.165) is 29.0 Å². The zero-order valence-corrected chi connectivity index (χ0v) is 14.3. The van der Waals surface area contributed by atoms with Gasteiger partial charge in [0.25, 0.3) is 0 Å². The topological polar surface area (TPSA) is 35.5 Å². The van der Waals surface area contributed by atoms with Crippen LogP contribution in [0.4, 0.5) is 0 Å². The van der Waals surface area contributed by atoms with Gasteiger partial charge < -0.3 is 9.47 Å². The highest BCUT2D eigenvalue weighted by atomic mass is 16.5. The number of rotatable bonds is 7. The van der Waals surface area contributed by atoms with Gasteiger partial charge in [0.15, 0.2) is 5.78 Å². The number of carbonyl (C=O) groups is 1. The van der Waals surface area contributed by atoms with Gasteiger partial charge in [0.2, 0.25) is 0 Å². The molecule has 0 aliphatic carbocycles. The van der Waals surface area contributed by atoms with Gasteiger partial charge in [-0.25, -0.2) is 0 Å². The van der Waals surface area contributed by atoms with Crippen molar-refractivity contribution in [3.05, 3.63) is 59.2 Å². The largest absolute Gasteiger partial charge is 0.497 e. The van der Waals surface area contributed by atoms with Crippen LogP contribution in [-0.4, -0.2) is 20.0 Å². The molecule has 1 atom stereocenters. The van der Waals surface area contributed by atoms with E-state index < -0.39 is 0 Å². The van der Waals surface area contributed by atoms with Crippen LogP contribution < -0.4 is 9.47 Å². The Morgan fingerprint density at radius 3 is 2.26 bits per heavy atom. The second kappa shape index (κ2) is 7.82. The molecule has 0 aromatic heterocycles. The van der Waals surface area contributed by atoms with Crippen molar-refractivity contribution >= 4 is 5.78 Å². The predicted molar refractivity (Wildman–Crippen MR) is 92.7 cm³/mol. The van der Waals surface area contributed by atoms with Gasteiger partial charge in [0, 0.05) is 12.0 Å². The van der Waals surface area contributed by atoms with Crippen molar-refractivity contribution in [3.8, 4) is 11.5 Å². The minimum atomic E-state index is 0.165. The van der Waals surface area contributed by atoms with Gasteiger partial charge in [-0.2, -0.15) is 0 Å². The average molecular weight is 312 g/mol. The number of ketones is 1. The monoisotopic (exact) mass is 312 g/mol. The first kappa shape index (κ1) is 17.1. The Morgan fingerprint density at radius 1 is 1.04 bits per heavy atom. The van der Waals surface area contributed by atoms with E-state index in [1.807, 2.05) is 49.4 Å². The highest BCUT2D eigenvalue weighted by Crippen LogP contribution is 2.28. The van der Waals surface area contributed by atoms with Gasteiger partial charge in [-0.05, 0) is 60.7 Å². The Kier molecular flexibility index (Phi) is 5.80. The van der Waals surface area contributed by atoms with Gasteiger partial charge in [0.05, 0.1) is 14.2 Å². The highest BCUT2D eigenvalue weighted by molar-refractivity contribution is 5.96. The van der Waals surface area contributed by atoms with Crippen LogP contribution in [0.5, 0.6) is 11.5 Å². The van der Waals surface area contributed by atoms with Crippen LogP contribution in [0.25, 0.3) is 0 Å². The van der Waals surface area contributed by atoms with Crippen LogP contribution in [0.3, 0.4) is 0 Å². The van der Waals surface area contributed by atoms with Crippen molar-refractivity contribution in [1.82, 2.24) is 0 Å². The first-order valence-electron chi connectivity index (χ1n) is 7.90. The van der Waals surface area contributed by atoms with Gasteiger partial charge in [-0.15, -0.1) is 0 Å². The molecule has 0 unspecified atom stereocenters. The fraction of sp³-hybridized carbons (Fsp3) is 0.350. The lowest BCUT2D eigenvalue weighted by Gasteiger charge is -2.15. The van der Waals surface area contributed by atoms with E-state index in [4.69, 9.17) is 9.47 Å². The molecule has 0 amide bonds. The number of benzene rings is 2. The number of carbonyl (C=O) groups excluding carboxylic acids is 1. The van der Waals surface area contributed by atoms with Crippen molar-refractivity contribution < 1.29 is 14.3 Å². The summed E-state index contributed by atoms with van der Waals surface area (Å²) in [6.07, 6.45) is 1.43. The second-order valence-corrected chi connectivity index (χ2v) is 5.69. The maximum absolute atomic E-state index is 12.6. The minimum absolute atomic E-state index is 0.165. The average Bonchev–Trinajstić information content (AvgIpc) is 2.59. The number of aryl methyl sites for hydroxylation is 1. The smallest absolute Gasteiger partial charge is 0.163 e. The van der Waals surface area contributed by atoms with E-state index in [1.54, 1.807) is 14.2 Å². The van der Waals surface area contributed by atoms with Crippen LogP contribution in [0.2, 0.25) is 0 Å². The van der Waals surface area contributed by atoms with Crippen LogP contribution >= 0.6 is 0 Å². The minimum Gasteiger partial charge on any atom is -0.497 e. The van der Waals surface area contributed by atoms with E-state index in [9.17, 15) is 4.79 Å². The molecule has 0 heterocycles. The zero-order valence-electron chi connectivity index (χ0n) is 14.3. The third-order valence-corrected chi connectivity index (χ3v) is 4.23. The summed E-state index contributed by atoms with van der Waals surface area (Å²) in [5, 5.41) is 0. The molecule has 0 aliphatic rings. The van der Waals surface area contributed by atoms with Crippen molar-refractivity contribution in [3.63, 3.8) is 0 Å². The van der Waals surface area contributed by atoms with Crippen molar-refractivity contribution in [1.29, 1.82) is 0 Å². The number of hydrogen-bond donors (Lipinski definition) is 0. The number of ether oxygens (including phenoxy) is 2. The van der Waals surface area contributed by atoms with E-state index in [0.29, 0.717) is 6.42 Å². The maximum atomic E-state index is 12.6. The van der Waals surface area contributed by atoms with E-state index in [-0.39, 0.29) is 11.7 Å². The van der Waals surface area contributed by atoms with Crippen LogP contribution in [-0.2, 0) is 0 Å². The molecule has 2 rings (SSSR count). The van der Waals surface area contributed by atoms with Gasteiger partial charge in [-0.3, -0.25) is 4.79 Å². The Hall–Kier alpha value is -2.29. The van der Waals surface area contributed by atoms with Crippen molar-refractivity contribution in [2.75, 3.05) is 14.2 Å². The summed E-state index contributed by atoms with van der Waals surface area (Å²) in [6, 6.07) is 13.6. The molecule has 2 aromatic rings. The molecule has 0 saturated heterocycles. The summed E-state index contributed by atoms with van der Waals surface area (Å²) in [4.78, 5) is 12.6. The summed E-state index contributed by atoms with van der Waals surface area (Å²) in [6.45, 7) is 4.07. The fourth-order valence-electron chi connectivity index (χ4n) is 2.77. The Labute approximate surface area is 138 Å². The molecule has 0 spiro atoms. The molecule has 0 N–H and O–H groups in total. The van der Waals surface area contributed by atoms with Gasteiger partial charge in [0.1, 0.15) is 11.5 Å². The maximum Gasteiger partial charge on any atom is 0.163 e. The molecule has 0 aliphatic heterocycles. The standard InChI is InChI=1S/C20H24O3/c1-5-15(16-6-9-18(22-3)10-7-16)13-19(21)17-8-11-20(23-4)14(2)12-17/h6-12,15H,5,13H2,1-4H3/t15-/m1/s1. The third-order valence-electron chi connectivity index (χ3n) is 4.23. The van der Waals surface area contributed by atoms with Crippen LogP contribution in [0.15, 0.2) is 42.5 Å². The predicted octanol–water partition coefficient (Wildman–Crippen LogP) is 4.78. The van der Waals surface area contributed by atoms with Crippen LogP contribution in [0, 0.1) is 6.92 Å². The van der Waals surface area contributed by atoms with Crippen molar-refractivity contribution in [2.24, 2.45) is 0 Å². The van der Waals surface area contributed by atoms with Crippen molar-refractivity contribution in [2.45, 2.75) is 32.6 Å².